The standard InChI is InChI=1S/C11H18O3/c1-7(5-12)4-8-10(9(14)6-13)11(8,2)3/h4,8,10,12-13H,5-6H2,1-3H3. The van der Waals surface area contributed by atoms with Crippen LogP contribution in [-0.4, -0.2) is 29.2 Å². The molecular weight excluding hydrogens is 180 g/mol. The molecule has 0 aromatic carbocycles. The van der Waals surface area contributed by atoms with E-state index in [0.717, 1.165) is 5.57 Å². The summed E-state index contributed by atoms with van der Waals surface area (Å²) in [6, 6.07) is 0. The van der Waals surface area contributed by atoms with E-state index >= 15 is 0 Å². The van der Waals surface area contributed by atoms with Crippen molar-refractivity contribution in [3.8, 4) is 0 Å². The Morgan fingerprint density at radius 3 is 2.36 bits per heavy atom. The molecule has 1 fully saturated rings. The van der Waals surface area contributed by atoms with Gasteiger partial charge in [-0.3, -0.25) is 4.79 Å². The highest BCUT2D eigenvalue weighted by molar-refractivity contribution is 5.86. The second-order valence-corrected chi connectivity index (χ2v) is 4.62. The van der Waals surface area contributed by atoms with Crippen LogP contribution in [0.1, 0.15) is 20.8 Å². The summed E-state index contributed by atoms with van der Waals surface area (Å²) in [5.74, 6) is 0.00490. The number of carbonyl (C=O) groups excluding carboxylic acids is 1. The van der Waals surface area contributed by atoms with Crippen molar-refractivity contribution in [2.24, 2.45) is 17.3 Å². The minimum Gasteiger partial charge on any atom is -0.392 e. The van der Waals surface area contributed by atoms with Crippen LogP contribution in [0.15, 0.2) is 11.6 Å². The predicted octanol–water partition coefficient (Wildman–Crippen LogP) is 0.759. The second-order valence-electron chi connectivity index (χ2n) is 4.62. The number of hydrogen-bond donors (Lipinski definition) is 2. The highest BCUT2D eigenvalue weighted by Crippen LogP contribution is 2.59. The summed E-state index contributed by atoms with van der Waals surface area (Å²) >= 11 is 0. The molecule has 0 bridgehead atoms. The molecule has 0 aromatic heterocycles. The first kappa shape index (κ1) is 11.4. The molecule has 2 atom stereocenters. The zero-order valence-corrected chi connectivity index (χ0v) is 8.95. The lowest BCUT2D eigenvalue weighted by atomic mass is 10.1. The minimum atomic E-state index is -0.378. The molecule has 1 aliphatic carbocycles. The molecule has 14 heavy (non-hydrogen) atoms. The summed E-state index contributed by atoms with van der Waals surface area (Å²) in [5, 5.41) is 17.6. The average Bonchev–Trinajstić information content (AvgIpc) is 2.67. The Bertz CT molecular complexity index is 266. The van der Waals surface area contributed by atoms with Gasteiger partial charge in [-0.2, -0.15) is 0 Å². The summed E-state index contributed by atoms with van der Waals surface area (Å²) in [4.78, 5) is 11.3. The minimum absolute atomic E-state index is 0.0343. The molecule has 3 nitrogen and oxygen atoms in total. The molecule has 0 amide bonds. The number of aliphatic hydroxyl groups is 2. The summed E-state index contributed by atoms with van der Waals surface area (Å²) in [6.45, 7) is 5.52. The van der Waals surface area contributed by atoms with E-state index in [1.807, 2.05) is 26.8 Å². The SMILES string of the molecule is CC(=CC1C(C(=O)CO)C1(C)C)CO. The zero-order chi connectivity index (χ0) is 10.9. The number of aliphatic hydroxyl groups excluding tert-OH is 2. The van der Waals surface area contributed by atoms with E-state index in [1.165, 1.54) is 0 Å². The van der Waals surface area contributed by atoms with Gasteiger partial charge in [-0.25, -0.2) is 0 Å². The third kappa shape index (κ3) is 1.88. The van der Waals surface area contributed by atoms with E-state index in [2.05, 4.69) is 0 Å². The van der Waals surface area contributed by atoms with Crippen molar-refractivity contribution in [1.29, 1.82) is 0 Å². The molecule has 80 valence electrons. The third-order valence-corrected chi connectivity index (χ3v) is 3.13. The maximum atomic E-state index is 11.3. The van der Waals surface area contributed by atoms with Crippen LogP contribution in [0, 0.1) is 17.3 Å². The molecule has 0 heterocycles. The van der Waals surface area contributed by atoms with Crippen molar-refractivity contribution in [1.82, 2.24) is 0 Å². The number of carbonyl (C=O) groups is 1. The summed E-state index contributed by atoms with van der Waals surface area (Å²) in [5.41, 5.74) is 0.826. The van der Waals surface area contributed by atoms with E-state index < -0.39 is 0 Å². The fourth-order valence-corrected chi connectivity index (χ4v) is 2.06. The normalized spacial score (nSPS) is 30.2. The Labute approximate surface area is 84.4 Å². The van der Waals surface area contributed by atoms with Gasteiger partial charge >= 0.3 is 0 Å². The lowest BCUT2D eigenvalue weighted by Crippen LogP contribution is -2.10. The van der Waals surface area contributed by atoms with E-state index in [9.17, 15) is 4.79 Å². The van der Waals surface area contributed by atoms with Gasteiger partial charge < -0.3 is 10.2 Å². The van der Waals surface area contributed by atoms with Gasteiger partial charge in [0.2, 0.25) is 0 Å². The Morgan fingerprint density at radius 2 is 1.93 bits per heavy atom. The van der Waals surface area contributed by atoms with Crippen LogP contribution in [-0.2, 0) is 4.79 Å². The second kappa shape index (κ2) is 3.83. The molecule has 0 saturated heterocycles. The predicted molar refractivity (Wildman–Crippen MR) is 53.7 cm³/mol. The lowest BCUT2D eigenvalue weighted by Gasteiger charge is -1.98. The topological polar surface area (TPSA) is 57.5 Å². The van der Waals surface area contributed by atoms with E-state index in [-0.39, 0.29) is 36.2 Å². The van der Waals surface area contributed by atoms with E-state index in [0.29, 0.717) is 0 Å². The van der Waals surface area contributed by atoms with Gasteiger partial charge in [0.05, 0.1) is 6.61 Å². The lowest BCUT2D eigenvalue weighted by molar-refractivity contribution is -0.123. The van der Waals surface area contributed by atoms with Crippen LogP contribution in [0.5, 0.6) is 0 Å². The first-order chi connectivity index (χ1) is 6.45. The zero-order valence-electron chi connectivity index (χ0n) is 8.95. The monoisotopic (exact) mass is 198 g/mol. The van der Waals surface area contributed by atoms with Crippen LogP contribution >= 0.6 is 0 Å². The maximum absolute atomic E-state index is 11.3. The van der Waals surface area contributed by atoms with Crippen LogP contribution < -0.4 is 0 Å². The van der Waals surface area contributed by atoms with E-state index in [4.69, 9.17) is 10.2 Å². The van der Waals surface area contributed by atoms with Gasteiger partial charge in [0.1, 0.15) is 6.61 Å². The van der Waals surface area contributed by atoms with Gasteiger partial charge in [0, 0.05) is 5.92 Å². The number of Topliss-reactive ketones (excluding diaryl/α,β-unsaturated/α-hetero) is 1. The summed E-state index contributed by atoms with van der Waals surface area (Å²) in [7, 11) is 0. The average molecular weight is 198 g/mol. The molecule has 1 rings (SSSR count). The van der Waals surface area contributed by atoms with Crippen molar-refractivity contribution >= 4 is 5.78 Å². The molecule has 0 radical (unpaired) electrons. The molecule has 1 aliphatic rings. The quantitative estimate of drug-likeness (QED) is 0.656. The molecule has 1 saturated carbocycles. The molecule has 0 aliphatic heterocycles. The highest BCUT2D eigenvalue weighted by Gasteiger charge is 2.59. The first-order valence-corrected chi connectivity index (χ1v) is 4.87. The fourth-order valence-electron chi connectivity index (χ4n) is 2.06. The summed E-state index contributed by atoms with van der Waals surface area (Å²) in [6.07, 6.45) is 1.94. The van der Waals surface area contributed by atoms with Gasteiger partial charge in [-0.05, 0) is 18.3 Å². The Morgan fingerprint density at radius 1 is 1.36 bits per heavy atom. The van der Waals surface area contributed by atoms with Crippen molar-refractivity contribution in [2.75, 3.05) is 13.2 Å². The molecular formula is C11H18O3. The van der Waals surface area contributed by atoms with E-state index in [1.54, 1.807) is 0 Å². The first-order valence-electron chi connectivity index (χ1n) is 4.87. The van der Waals surface area contributed by atoms with Crippen molar-refractivity contribution in [2.45, 2.75) is 20.8 Å². The summed E-state index contributed by atoms with van der Waals surface area (Å²) < 4.78 is 0. The van der Waals surface area contributed by atoms with Gasteiger partial charge in [0.25, 0.3) is 0 Å². The Hall–Kier alpha value is -0.670. The smallest absolute Gasteiger partial charge is 0.162 e. The fraction of sp³-hybridized carbons (Fsp3) is 0.727. The Balaban J connectivity index is 2.71. The van der Waals surface area contributed by atoms with Gasteiger partial charge in [0.15, 0.2) is 5.78 Å². The molecule has 0 aromatic rings. The van der Waals surface area contributed by atoms with Crippen molar-refractivity contribution in [3.05, 3.63) is 11.6 Å². The van der Waals surface area contributed by atoms with Crippen molar-refractivity contribution in [3.63, 3.8) is 0 Å². The molecule has 0 spiro atoms. The largest absolute Gasteiger partial charge is 0.392 e. The van der Waals surface area contributed by atoms with Gasteiger partial charge in [-0.15, -0.1) is 0 Å². The molecule has 3 heteroatoms. The number of hydrogen-bond acceptors (Lipinski definition) is 3. The molecule has 2 unspecified atom stereocenters. The van der Waals surface area contributed by atoms with Crippen LogP contribution in [0.3, 0.4) is 0 Å². The van der Waals surface area contributed by atoms with Crippen LogP contribution in [0.4, 0.5) is 0 Å². The van der Waals surface area contributed by atoms with Crippen LogP contribution in [0.2, 0.25) is 0 Å². The highest BCUT2D eigenvalue weighted by atomic mass is 16.3. The molecule has 2 N–H and O–H groups in total. The van der Waals surface area contributed by atoms with Crippen LogP contribution in [0.25, 0.3) is 0 Å². The Kier molecular flexibility index (Phi) is 3.12. The maximum Gasteiger partial charge on any atom is 0.162 e. The van der Waals surface area contributed by atoms with Gasteiger partial charge in [-0.1, -0.05) is 25.5 Å². The third-order valence-electron chi connectivity index (χ3n) is 3.13. The number of allylic oxidation sites excluding steroid dienone is 1. The number of rotatable bonds is 4. The van der Waals surface area contributed by atoms with Crippen molar-refractivity contribution < 1.29 is 15.0 Å². The number of ketones is 1.